The number of hydrogen-bond acceptors (Lipinski definition) is 6. The molecule has 0 aliphatic heterocycles. The van der Waals surface area contributed by atoms with Gasteiger partial charge in [0.25, 0.3) is 0 Å². The first-order chi connectivity index (χ1) is 21.1. The van der Waals surface area contributed by atoms with Crippen LogP contribution in [0.15, 0.2) is 60.8 Å². The van der Waals surface area contributed by atoms with Crippen molar-refractivity contribution in [2.45, 2.75) is 65.7 Å². The summed E-state index contributed by atoms with van der Waals surface area (Å²) < 4.78 is 41.0. The zero-order valence-corrected chi connectivity index (χ0v) is 26.0. The molecule has 1 heterocycles. The number of carbonyl (C=O) groups is 1. The molecule has 0 aliphatic rings. The minimum atomic E-state index is -0.847. The summed E-state index contributed by atoms with van der Waals surface area (Å²) >= 11 is 0. The van der Waals surface area contributed by atoms with E-state index in [2.05, 4.69) is 43.0 Å². The van der Waals surface area contributed by atoms with Crippen LogP contribution in [0.5, 0.6) is 17.2 Å². The Bertz CT molecular complexity index is 1540. The number of aliphatic hydroxyl groups excluding tert-OH is 1. The lowest BCUT2D eigenvalue weighted by molar-refractivity contribution is -0.121. The highest BCUT2D eigenvalue weighted by molar-refractivity contribution is 5.85. The second-order valence-electron chi connectivity index (χ2n) is 11.7. The van der Waals surface area contributed by atoms with Gasteiger partial charge in [-0.15, -0.1) is 0 Å². The molecule has 1 aromatic heterocycles. The maximum atomic E-state index is 14.5. The van der Waals surface area contributed by atoms with Crippen molar-refractivity contribution >= 4 is 16.8 Å². The fraction of sp³-hybridized carbons (Fsp3) is 0.412. The Balaban J connectivity index is 1.49. The first-order valence-corrected chi connectivity index (χ1v) is 14.9. The topological polar surface area (TPSA) is 88.9 Å². The molecule has 0 unspecified atom stereocenters. The van der Waals surface area contributed by atoms with Gasteiger partial charge in [-0.1, -0.05) is 26.0 Å². The lowest BCUT2D eigenvalue weighted by Gasteiger charge is -2.28. The first-order valence-electron chi connectivity index (χ1n) is 14.9. The fourth-order valence-corrected chi connectivity index (χ4v) is 5.02. The molecule has 1 amide bonds. The van der Waals surface area contributed by atoms with Crippen LogP contribution in [0.4, 0.5) is 8.78 Å². The van der Waals surface area contributed by atoms with E-state index in [1.165, 1.54) is 6.07 Å². The number of amides is 1. The smallest absolute Gasteiger partial charge is 0.224 e. The Morgan fingerprint density at radius 1 is 1.05 bits per heavy atom. The van der Waals surface area contributed by atoms with Crippen LogP contribution in [0.25, 0.3) is 10.9 Å². The average Bonchev–Trinajstić information content (AvgIpc) is 3.36. The van der Waals surface area contributed by atoms with Crippen molar-refractivity contribution in [3.8, 4) is 17.2 Å². The largest absolute Gasteiger partial charge is 0.497 e. The number of ether oxygens (including phenoxy) is 2. The molecule has 8 nitrogen and oxygen atoms in total. The van der Waals surface area contributed by atoms with Gasteiger partial charge in [0, 0.05) is 42.7 Å². The SMILES string of the molecule is COc1ccc(CN(CC[C@@H](CO)NC(=O)Cc2cc3c(cnn3CC(C)C)cc2Oc2ccc(F)cc2F)C(C)C)cc1. The summed E-state index contributed by atoms with van der Waals surface area (Å²) in [4.78, 5) is 15.6. The summed E-state index contributed by atoms with van der Waals surface area (Å²) in [7, 11) is 1.64. The highest BCUT2D eigenvalue weighted by atomic mass is 19.1. The molecule has 44 heavy (non-hydrogen) atoms. The summed E-state index contributed by atoms with van der Waals surface area (Å²) in [5.41, 5.74) is 2.48. The molecule has 2 N–H and O–H groups in total. The van der Waals surface area contributed by atoms with E-state index in [9.17, 15) is 18.7 Å². The Kier molecular flexibility index (Phi) is 11.3. The van der Waals surface area contributed by atoms with E-state index in [1.54, 1.807) is 19.4 Å². The molecular weight excluding hydrogens is 566 g/mol. The molecule has 4 aromatic rings. The average molecular weight is 609 g/mol. The number of aromatic nitrogens is 2. The van der Waals surface area contributed by atoms with Crippen LogP contribution in [0.3, 0.4) is 0 Å². The molecule has 1 atom stereocenters. The van der Waals surface area contributed by atoms with Crippen molar-refractivity contribution < 1.29 is 28.2 Å². The van der Waals surface area contributed by atoms with Crippen molar-refractivity contribution in [2.24, 2.45) is 5.92 Å². The van der Waals surface area contributed by atoms with Gasteiger partial charge < -0.3 is 19.9 Å². The molecule has 4 rings (SSSR count). The van der Waals surface area contributed by atoms with E-state index < -0.39 is 17.7 Å². The normalized spacial score (nSPS) is 12.3. The van der Waals surface area contributed by atoms with Crippen LogP contribution in [-0.2, 0) is 24.3 Å². The number of benzene rings is 3. The van der Waals surface area contributed by atoms with E-state index in [0.29, 0.717) is 31.0 Å². The molecule has 0 saturated heterocycles. The van der Waals surface area contributed by atoms with Gasteiger partial charge >= 0.3 is 0 Å². The summed E-state index contributed by atoms with van der Waals surface area (Å²) in [6.07, 6.45) is 2.17. The zero-order valence-electron chi connectivity index (χ0n) is 26.0. The molecule has 236 valence electrons. The van der Waals surface area contributed by atoms with Crippen LogP contribution >= 0.6 is 0 Å². The van der Waals surface area contributed by atoms with Crippen molar-refractivity contribution in [1.82, 2.24) is 20.0 Å². The number of aliphatic hydroxyl groups is 1. The first kappa shape index (κ1) is 32.9. The van der Waals surface area contributed by atoms with Crippen molar-refractivity contribution in [3.05, 3.63) is 83.6 Å². The minimum absolute atomic E-state index is 0.0722. The lowest BCUT2D eigenvalue weighted by Crippen LogP contribution is -2.42. The van der Waals surface area contributed by atoms with E-state index >= 15 is 0 Å². The number of halogens is 2. The zero-order chi connectivity index (χ0) is 31.8. The highest BCUT2D eigenvalue weighted by Gasteiger charge is 2.20. The molecular formula is C34H42F2N4O4. The van der Waals surface area contributed by atoms with Gasteiger partial charge in [0.1, 0.15) is 17.3 Å². The van der Waals surface area contributed by atoms with Gasteiger partial charge in [-0.2, -0.15) is 5.10 Å². The van der Waals surface area contributed by atoms with Crippen molar-refractivity contribution in [2.75, 3.05) is 20.3 Å². The van der Waals surface area contributed by atoms with Crippen molar-refractivity contribution in [3.63, 3.8) is 0 Å². The second-order valence-corrected chi connectivity index (χ2v) is 11.7. The Labute approximate surface area is 257 Å². The van der Waals surface area contributed by atoms with E-state index in [4.69, 9.17) is 9.47 Å². The summed E-state index contributed by atoms with van der Waals surface area (Å²) in [6.45, 7) is 10.2. The third kappa shape index (κ3) is 8.76. The molecule has 0 fully saturated rings. The lowest BCUT2D eigenvalue weighted by atomic mass is 10.1. The Morgan fingerprint density at radius 3 is 2.43 bits per heavy atom. The van der Waals surface area contributed by atoms with Gasteiger partial charge in [0.05, 0.1) is 37.9 Å². The van der Waals surface area contributed by atoms with Crippen LogP contribution < -0.4 is 14.8 Å². The molecule has 3 aromatic carbocycles. The summed E-state index contributed by atoms with van der Waals surface area (Å²) in [6, 6.07) is 14.3. The quantitative estimate of drug-likeness (QED) is 0.170. The van der Waals surface area contributed by atoms with Crippen LogP contribution in [0.2, 0.25) is 0 Å². The molecule has 0 radical (unpaired) electrons. The number of methoxy groups -OCH3 is 1. The Hall–Kier alpha value is -4.02. The maximum absolute atomic E-state index is 14.5. The van der Waals surface area contributed by atoms with Crippen molar-refractivity contribution in [1.29, 1.82) is 0 Å². The van der Waals surface area contributed by atoms with Gasteiger partial charge in [-0.25, -0.2) is 8.78 Å². The van der Waals surface area contributed by atoms with Crippen LogP contribution in [0, 0.1) is 17.6 Å². The number of rotatable bonds is 15. The number of nitrogens with one attached hydrogen (secondary N) is 1. The predicted octanol–water partition coefficient (Wildman–Crippen LogP) is 6.09. The number of fused-ring (bicyclic) bond motifs is 1. The van der Waals surface area contributed by atoms with E-state index in [1.807, 2.05) is 35.0 Å². The number of hydrogen-bond donors (Lipinski definition) is 2. The third-order valence-corrected chi connectivity index (χ3v) is 7.45. The maximum Gasteiger partial charge on any atom is 0.224 e. The minimum Gasteiger partial charge on any atom is -0.497 e. The predicted molar refractivity (Wildman–Crippen MR) is 167 cm³/mol. The number of carbonyl (C=O) groups excluding carboxylic acids is 1. The highest BCUT2D eigenvalue weighted by Crippen LogP contribution is 2.32. The summed E-state index contributed by atoms with van der Waals surface area (Å²) in [5, 5.41) is 18.3. The molecule has 0 bridgehead atoms. The van der Waals surface area contributed by atoms with Gasteiger partial charge in [-0.3, -0.25) is 14.4 Å². The van der Waals surface area contributed by atoms with Crippen LogP contribution in [-0.4, -0.2) is 58.0 Å². The summed E-state index contributed by atoms with van der Waals surface area (Å²) in [5.74, 6) is -0.610. The molecule has 0 spiro atoms. The monoisotopic (exact) mass is 608 g/mol. The Morgan fingerprint density at radius 2 is 1.80 bits per heavy atom. The van der Waals surface area contributed by atoms with Crippen LogP contribution in [0.1, 0.15) is 45.2 Å². The molecule has 10 heteroatoms. The number of nitrogens with zero attached hydrogens (tertiary/aromatic N) is 3. The molecule has 0 saturated carbocycles. The standard InChI is InChI=1S/C34H42F2N4O4/c1-22(2)19-40-31-14-25(33(15-26(31)18-37-40)44-32-11-8-27(35)17-30(32)36)16-34(42)38-28(21-41)12-13-39(23(3)4)20-24-6-9-29(43-5)10-7-24/h6-11,14-15,17-18,22-23,28,41H,12-13,16,19-21H2,1-5H3,(H,38,42)/t28-/m0/s1. The van der Waals surface area contributed by atoms with Gasteiger partial charge in [-0.05, 0) is 68.1 Å². The molecule has 0 aliphatic carbocycles. The second kappa shape index (κ2) is 15.1. The van der Waals surface area contributed by atoms with E-state index in [0.717, 1.165) is 40.9 Å². The van der Waals surface area contributed by atoms with Gasteiger partial charge in [0.2, 0.25) is 5.91 Å². The fourth-order valence-electron chi connectivity index (χ4n) is 5.02. The van der Waals surface area contributed by atoms with Gasteiger partial charge in [0.15, 0.2) is 11.6 Å². The van der Waals surface area contributed by atoms with E-state index in [-0.39, 0.29) is 36.5 Å². The third-order valence-electron chi connectivity index (χ3n) is 7.45.